The summed E-state index contributed by atoms with van der Waals surface area (Å²) in [6.45, 7) is 4.57. The molecule has 0 radical (unpaired) electrons. The second-order valence-corrected chi connectivity index (χ2v) is 6.44. The summed E-state index contributed by atoms with van der Waals surface area (Å²) in [5, 5.41) is 9.06. The van der Waals surface area contributed by atoms with E-state index in [1.807, 2.05) is 19.4 Å². The Morgan fingerprint density at radius 3 is 2.36 bits per heavy atom. The van der Waals surface area contributed by atoms with Crippen LogP contribution < -0.4 is 4.57 Å². The molecule has 4 nitrogen and oxygen atoms in total. The maximum Gasteiger partial charge on any atom is 0.310 e. The Balaban J connectivity index is 2.30. The van der Waals surface area contributed by atoms with Crippen LogP contribution in [0.2, 0.25) is 0 Å². The molecule has 0 bridgehead atoms. The third-order valence-electron chi connectivity index (χ3n) is 4.35. The number of hydrogen-bond donors (Lipinski definition) is 1. The second-order valence-electron chi connectivity index (χ2n) is 6.44. The summed E-state index contributed by atoms with van der Waals surface area (Å²) in [6, 6.07) is 0. The van der Waals surface area contributed by atoms with Crippen molar-refractivity contribution in [2.75, 3.05) is 0 Å². The Bertz CT molecular complexity index is 440. The number of carboxylic acids is 1. The summed E-state index contributed by atoms with van der Waals surface area (Å²) >= 11 is 0. The first-order valence-corrected chi connectivity index (χ1v) is 8.82. The van der Waals surface area contributed by atoms with Crippen LogP contribution in [0.3, 0.4) is 0 Å². The number of carboxylic acid groups (broad SMARTS) is 1. The standard InChI is InChI=1S/C18H32N2O2/c1-4-5-6-7-8-9-10-11-12-17-19(3)13-14-20(17)15-16(2)18(21)22/h13-14,16H,4-12,15H2,1-3H3/p+1. The van der Waals surface area contributed by atoms with Crippen molar-refractivity contribution in [1.29, 1.82) is 0 Å². The lowest BCUT2D eigenvalue weighted by Gasteiger charge is -2.06. The molecule has 0 aliphatic rings. The van der Waals surface area contributed by atoms with Gasteiger partial charge in [-0.2, -0.15) is 0 Å². The zero-order chi connectivity index (χ0) is 16.4. The summed E-state index contributed by atoms with van der Waals surface area (Å²) in [4.78, 5) is 11.0. The normalized spacial score (nSPS) is 12.5. The Morgan fingerprint density at radius 1 is 1.18 bits per heavy atom. The molecule has 0 saturated carbocycles. The molecule has 1 aromatic heterocycles. The van der Waals surface area contributed by atoms with E-state index in [0.29, 0.717) is 6.54 Å². The van der Waals surface area contributed by atoms with Crippen molar-refractivity contribution in [1.82, 2.24) is 4.57 Å². The topological polar surface area (TPSA) is 46.1 Å². The zero-order valence-electron chi connectivity index (χ0n) is 14.6. The molecule has 0 saturated heterocycles. The Morgan fingerprint density at radius 2 is 1.77 bits per heavy atom. The first-order valence-electron chi connectivity index (χ1n) is 8.82. The molecule has 1 atom stereocenters. The number of carbonyl (C=O) groups is 1. The Hall–Kier alpha value is -1.32. The van der Waals surface area contributed by atoms with Crippen LogP contribution in [0.1, 0.15) is 71.0 Å². The highest BCUT2D eigenvalue weighted by Gasteiger charge is 2.20. The van der Waals surface area contributed by atoms with E-state index in [1.54, 1.807) is 6.92 Å². The molecule has 4 heteroatoms. The second kappa shape index (κ2) is 10.4. The van der Waals surface area contributed by atoms with E-state index >= 15 is 0 Å². The summed E-state index contributed by atoms with van der Waals surface area (Å²) in [7, 11) is 2.04. The van der Waals surface area contributed by atoms with Gasteiger partial charge in [-0.1, -0.05) is 51.9 Å². The molecule has 1 aromatic rings. The highest BCUT2D eigenvalue weighted by atomic mass is 16.4. The van der Waals surface area contributed by atoms with Crippen molar-refractivity contribution in [3.63, 3.8) is 0 Å². The molecular weight excluding hydrogens is 276 g/mol. The van der Waals surface area contributed by atoms with Crippen LogP contribution in [0.25, 0.3) is 0 Å². The fourth-order valence-electron chi connectivity index (χ4n) is 2.83. The molecule has 1 unspecified atom stereocenters. The molecule has 0 aromatic carbocycles. The fraction of sp³-hybridized carbons (Fsp3) is 0.778. The van der Waals surface area contributed by atoms with Gasteiger partial charge >= 0.3 is 5.97 Å². The van der Waals surface area contributed by atoms with Gasteiger partial charge < -0.3 is 5.11 Å². The lowest BCUT2D eigenvalue weighted by Crippen LogP contribution is -2.33. The average molecular weight is 309 g/mol. The van der Waals surface area contributed by atoms with Gasteiger partial charge in [-0.05, 0) is 13.3 Å². The summed E-state index contributed by atoms with van der Waals surface area (Å²) in [6.07, 6.45) is 15.6. The molecule has 1 heterocycles. The molecule has 0 spiro atoms. The first kappa shape index (κ1) is 18.7. The molecule has 126 valence electrons. The van der Waals surface area contributed by atoms with Crippen LogP contribution in [-0.2, 0) is 24.8 Å². The fourth-order valence-corrected chi connectivity index (χ4v) is 2.83. The van der Waals surface area contributed by atoms with Crippen LogP contribution in [0.5, 0.6) is 0 Å². The minimum atomic E-state index is -0.727. The molecule has 0 aliphatic carbocycles. The van der Waals surface area contributed by atoms with E-state index in [2.05, 4.69) is 16.1 Å². The molecular formula is C18H33N2O2+. The van der Waals surface area contributed by atoms with E-state index in [0.717, 1.165) is 6.42 Å². The highest BCUT2D eigenvalue weighted by Crippen LogP contribution is 2.11. The maximum atomic E-state index is 11.0. The zero-order valence-corrected chi connectivity index (χ0v) is 14.6. The maximum absolute atomic E-state index is 11.0. The van der Waals surface area contributed by atoms with Crippen molar-refractivity contribution in [2.24, 2.45) is 13.0 Å². The molecule has 0 amide bonds. The van der Waals surface area contributed by atoms with E-state index in [-0.39, 0.29) is 5.92 Å². The largest absolute Gasteiger partial charge is 0.481 e. The lowest BCUT2D eigenvalue weighted by molar-refractivity contribution is -0.678. The highest BCUT2D eigenvalue weighted by molar-refractivity contribution is 5.69. The van der Waals surface area contributed by atoms with Gasteiger partial charge in [0, 0.05) is 6.42 Å². The molecule has 1 N–H and O–H groups in total. The van der Waals surface area contributed by atoms with Gasteiger partial charge in [0.1, 0.15) is 18.9 Å². The van der Waals surface area contributed by atoms with Crippen molar-refractivity contribution >= 4 is 5.97 Å². The van der Waals surface area contributed by atoms with Gasteiger partial charge in [-0.15, -0.1) is 0 Å². The van der Waals surface area contributed by atoms with Gasteiger partial charge in [0.15, 0.2) is 0 Å². The van der Waals surface area contributed by atoms with E-state index in [9.17, 15) is 4.79 Å². The number of nitrogens with zero attached hydrogens (tertiary/aromatic N) is 2. The summed E-state index contributed by atoms with van der Waals surface area (Å²) in [5.74, 6) is 0.165. The van der Waals surface area contributed by atoms with Gasteiger partial charge in [0.05, 0.1) is 13.0 Å². The number of rotatable bonds is 12. The number of aromatic nitrogens is 2. The van der Waals surface area contributed by atoms with Crippen molar-refractivity contribution in [2.45, 2.75) is 78.2 Å². The Kier molecular flexibility index (Phi) is 8.86. The molecule has 1 rings (SSSR count). The van der Waals surface area contributed by atoms with Crippen molar-refractivity contribution in [3.05, 3.63) is 18.2 Å². The molecule has 0 fully saturated rings. The third-order valence-corrected chi connectivity index (χ3v) is 4.35. The SMILES string of the molecule is CCCCCCCCCCc1n(CC(C)C(=O)O)cc[n+]1C. The summed E-state index contributed by atoms with van der Waals surface area (Å²) in [5.41, 5.74) is 0. The predicted octanol–water partition coefficient (Wildman–Crippen LogP) is 3.72. The van der Waals surface area contributed by atoms with Gasteiger partial charge in [0.2, 0.25) is 0 Å². The number of imidazole rings is 1. The first-order chi connectivity index (χ1) is 10.6. The third kappa shape index (κ3) is 6.63. The Labute approximate surface area is 135 Å². The minimum absolute atomic E-state index is 0.343. The smallest absolute Gasteiger partial charge is 0.310 e. The van der Waals surface area contributed by atoms with Gasteiger partial charge in [-0.3, -0.25) is 4.79 Å². The van der Waals surface area contributed by atoms with Crippen molar-refractivity contribution in [3.8, 4) is 0 Å². The van der Waals surface area contributed by atoms with Crippen molar-refractivity contribution < 1.29 is 14.5 Å². The monoisotopic (exact) mass is 309 g/mol. The molecule has 0 aliphatic heterocycles. The quantitative estimate of drug-likeness (QED) is 0.472. The predicted molar refractivity (Wildman–Crippen MR) is 88.7 cm³/mol. The number of aliphatic carboxylic acids is 1. The van der Waals surface area contributed by atoms with E-state index in [1.165, 1.54) is 57.2 Å². The van der Waals surface area contributed by atoms with Crippen LogP contribution in [0, 0.1) is 5.92 Å². The van der Waals surface area contributed by atoms with Crippen LogP contribution in [0.15, 0.2) is 12.4 Å². The average Bonchev–Trinajstić information content (AvgIpc) is 2.82. The van der Waals surface area contributed by atoms with Gasteiger partial charge in [-0.25, -0.2) is 9.13 Å². The van der Waals surface area contributed by atoms with Crippen LogP contribution in [0.4, 0.5) is 0 Å². The van der Waals surface area contributed by atoms with Crippen LogP contribution in [-0.4, -0.2) is 15.6 Å². The van der Waals surface area contributed by atoms with Crippen LogP contribution >= 0.6 is 0 Å². The lowest BCUT2D eigenvalue weighted by atomic mass is 10.1. The number of unbranched alkanes of at least 4 members (excludes halogenated alkanes) is 7. The van der Waals surface area contributed by atoms with Gasteiger partial charge in [0.25, 0.3) is 5.82 Å². The molecule has 22 heavy (non-hydrogen) atoms. The van der Waals surface area contributed by atoms with E-state index in [4.69, 9.17) is 5.11 Å². The number of hydrogen-bond acceptors (Lipinski definition) is 1. The number of aryl methyl sites for hydroxylation is 1. The summed E-state index contributed by atoms with van der Waals surface area (Å²) < 4.78 is 4.22. The van der Waals surface area contributed by atoms with E-state index < -0.39 is 5.97 Å². The minimum Gasteiger partial charge on any atom is -0.481 e.